The van der Waals surface area contributed by atoms with Gasteiger partial charge < -0.3 is 14.6 Å². The van der Waals surface area contributed by atoms with Crippen LogP contribution in [0.4, 0.5) is 0 Å². The van der Waals surface area contributed by atoms with Crippen LogP contribution < -0.4 is 5.73 Å². The third-order valence-corrected chi connectivity index (χ3v) is 2.37. The Kier molecular flexibility index (Phi) is 2.79. The topological polar surface area (TPSA) is 65.2 Å². The van der Waals surface area contributed by atoms with E-state index < -0.39 is 0 Å². The number of nitrogens with zero attached hydrogens (tertiary/aromatic N) is 1. The van der Waals surface area contributed by atoms with Crippen molar-refractivity contribution >= 4 is 11.6 Å². The second-order valence-electron chi connectivity index (χ2n) is 3.32. The van der Waals surface area contributed by atoms with Gasteiger partial charge in [0.25, 0.3) is 5.89 Å². The molecule has 0 spiro atoms. The largest absolute Gasteiger partial charge is 0.442 e. The lowest BCUT2D eigenvalue weighted by atomic mass is 10.1. The number of oxazole rings is 1. The van der Waals surface area contributed by atoms with Crippen LogP contribution in [-0.4, -0.2) is 11.5 Å². The quantitative estimate of drug-likeness (QED) is 0.874. The van der Waals surface area contributed by atoms with E-state index >= 15 is 0 Å². The third kappa shape index (κ3) is 2.06. The molecule has 5 heteroatoms. The Hall–Kier alpha value is -1.26. The monoisotopic (exact) mass is 226 g/mol. The van der Waals surface area contributed by atoms with Crippen molar-refractivity contribution in [2.75, 3.05) is 6.54 Å². The minimum Gasteiger partial charge on any atom is -0.442 e. The average molecular weight is 227 g/mol. The Bertz CT molecular complexity index is 450. The molecule has 4 nitrogen and oxygen atoms in total. The highest BCUT2D eigenvalue weighted by molar-refractivity contribution is 6.28. The smallest absolute Gasteiger partial charge is 0.263 e. The Morgan fingerprint density at radius 3 is 2.93 bits per heavy atom. The number of nitrogens with two attached hydrogens (primary N) is 1. The van der Waals surface area contributed by atoms with Crippen LogP contribution in [0.2, 0.25) is 5.22 Å². The highest BCUT2D eigenvalue weighted by atomic mass is 35.5. The summed E-state index contributed by atoms with van der Waals surface area (Å²) in [6.07, 6.45) is 1.59. The maximum absolute atomic E-state index is 5.65. The van der Waals surface area contributed by atoms with E-state index in [9.17, 15) is 0 Å². The molecule has 0 saturated heterocycles. The summed E-state index contributed by atoms with van der Waals surface area (Å²) in [6, 6.07) is 3.36. The number of furan rings is 1. The molecule has 0 radical (unpaired) electrons. The highest BCUT2D eigenvalue weighted by Gasteiger charge is 2.13. The van der Waals surface area contributed by atoms with Crippen LogP contribution in [0.25, 0.3) is 11.7 Å². The van der Waals surface area contributed by atoms with E-state index in [4.69, 9.17) is 26.2 Å². The van der Waals surface area contributed by atoms with Gasteiger partial charge in [0.2, 0.25) is 0 Å². The fourth-order valence-electron chi connectivity index (χ4n) is 1.18. The van der Waals surface area contributed by atoms with E-state index in [0.717, 1.165) is 5.69 Å². The summed E-state index contributed by atoms with van der Waals surface area (Å²) < 4.78 is 10.4. The van der Waals surface area contributed by atoms with E-state index in [-0.39, 0.29) is 5.92 Å². The number of hydrogen-bond acceptors (Lipinski definition) is 4. The first kappa shape index (κ1) is 10.3. The molecule has 2 rings (SSSR count). The molecule has 0 aliphatic heterocycles. The van der Waals surface area contributed by atoms with Crippen molar-refractivity contribution < 1.29 is 8.83 Å². The van der Waals surface area contributed by atoms with Crippen LogP contribution in [0.3, 0.4) is 0 Å². The van der Waals surface area contributed by atoms with Gasteiger partial charge >= 0.3 is 0 Å². The predicted molar refractivity (Wildman–Crippen MR) is 56.7 cm³/mol. The zero-order valence-corrected chi connectivity index (χ0v) is 8.99. The molecule has 2 N–H and O–H groups in total. The zero-order chi connectivity index (χ0) is 10.8. The van der Waals surface area contributed by atoms with Gasteiger partial charge in [0, 0.05) is 12.5 Å². The number of aromatic nitrogens is 1. The summed E-state index contributed by atoms with van der Waals surface area (Å²) in [6.45, 7) is 2.52. The van der Waals surface area contributed by atoms with Gasteiger partial charge in [-0.2, -0.15) is 0 Å². The molecule has 0 saturated carbocycles. The second-order valence-corrected chi connectivity index (χ2v) is 3.69. The summed E-state index contributed by atoms with van der Waals surface area (Å²) in [5.74, 6) is 1.13. The van der Waals surface area contributed by atoms with Gasteiger partial charge in [-0.1, -0.05) is 6.92 Å². The number of halogens is 1. The SMILES string of the molecule is CC(CN)c1coc(-c2ccc(Cl)o2)n1. The number of rotatable bonds is 3. The van der Waals surface area contributed by atoms with Crippen molar-refractivity contribution in [3.8, 4) is 11.7 Å². The molecule has 0 fully saturated rings. The average Bonchev–Trinajstić information content (AvgIpc) is 2.84. The highest BCUT2D eigenvalue weighted by Crippen LogP contribution is 2.25. The van der Waals surface area contributed by atoms with E-state index in [1.807, 2.05) is 6.92 Å². The first-order chi connectivity index (χ1) is 7.20. The first-order valence-electron chi connectivity index (χ1n) is 4.62. The first-order valence-corrected chi connectivity index (χ1v) is 4.99. The Labute approximate surface area is 92.0 Å². The summed E-state index contributed by atoms with van der Waals surface area (Å²) in [7, 11) is 0. The molecule has 2 heterocycles. The van der Waals surface area contributed by atoms with Crippen LogP contribution >= 0.6 is 11.6 Å². The lowest BCUT2D eigenvalue weighted by Crippen LogP contribution is -2.08. The van der Waals surface area contributed by atoms with Crippen molar-refractivity contribution in [1.82, 2.24) is 4.98 Å². The predicted octanol–water partition coefficient (Wildman–Crippen LogP) is 2.65. The van der Waals surface area contributed by atoms with Crippen molar-refractivity contribution in [3.63, 3.8) is 0 Å². The molecule has 1 unspecified atom stereocenters. The summed E-state index contributed by atoms with van der Waals surface area (Å²) in [4.78, 5) is 4.27. The Balaban J connectivity index is 2.27. The fourth-order valence-corrected chi connectivity index (χ4v) is 1.32. The lowest BCUT2D eigenvalue weighted by molar-refractivity contribution is 0.517. The molecular weight excluding hydrogens is 216 g/mol. The summed E-state index contributed by atoms with van der Waals surface area (Å²) in [5, 5.41) is 0.316. The van der Waals surface area contributed by atoms with E-state index in [0.29, 0.717) is 23.4 Å². The van der Waals surface area contributed by atoms with Crippen LogP contribution in [0.1, 0.15) is 18.5 Å². The Morgan fingerprint density at radius 1 is 1.53 bits per heavy atom. The molecular formula is C10H11ClN2O2. The molecule has 2 aromatic heterocycles. The second kappa shape index (κ2) is 4.08. The number of hydrogen-bond donors (Lipinski definition) is 1. The molecule has 2 aromatic rings. The van der Waals surface area contributed by atoms with E-state index in [1.165, 1.54) is 0 Å². The molecule has 0 bridgehead atoms. The van der Waals surface area contributed by atoms with Crippen molar-refractivity contribution in [3.05, 3.63) is 29.3 Å². The van der Waals surface area contributed by atoms with Gasteiger partial charge in [-0.3, -0.25) is 0 Å². The van der Waals surface area contributed by atoms with Crippen LogP contribution in [-0.2, 0) is 0 Å². The van der Waals surface area contributed by atoms with Gasteiger partial charge in [0.1, 0.15) is 6.26 Å². The Morgan fingerprint density at radius 2 is 2.33 bits per heavy atom. The van der Waals surface area contributed by atoms with Gasteiger partial charge in [-0.25, -0.2) is 4.98 Å². The van der Waals surface area contributed by atoms with Gasteiger partial charge in [-0.05, 0) is 23.7 Å². The maximum Gasteiger partial charge on any atom is 0.263 e. The molecule has 0 aromatic carbocycles. The lowest BCUT2D eigenvalue weighted by Gasteiger charge is -2.00. The molecule has 15 heavy (non-hydrogen) atoms. The summed E-state index contributed by atoms with van der Waals surface area (Å²) in [5.41, 5.74) is 6.35. The standard InChI is InChI=1S/C10H11ClN2O2/c1-6(4-12)7-5-14-10(13-7)8-2-3-9(11)15-8/h2-3,5-6H,4,12H2,1H3. The van der Waals surface area contributed by atoms with Crippen molar-refractivity contribution in [2.45, 2.75) is 12.8 Å². The van der Waals surface area contributed by atoms with Crippen LogP contribution in [0.15, 0.2) is 27.2 Å². The van der Waals surface area contributed by atoms with Gasteiger partial charge in [0.05, 0.1) is 5.69 Å². The minimum atomic E-state index is 0.174. The van der Waals surface area contributed by atoms with Crippen molar-refractivity contribution in [2.24, 2.45) is 5.73 Å². The molecule has 0 aliphatic rings. The maximum atomic E-state index is 5.65. The van der Waals surface area contributed by atoms with Gasteiger partial charge in [0.15, 0.2) is 11.0 Å². The molecule has 80 valence electrons. The van der Waals surface area contributed by atoms with Crippen molar-refractivity contribution in [1.29, 1.82) is 0 Å². The minimum absolute atomic E-state index is 0.174. The van der Waals surface area contributed by atoms with E-state index in [1.54, 1.807) is 18.4 Å². The fraction of sp³-hybridized carbons (Fsp3) is 0.300. The van der Waals surface area contributed by atoms with Crippen LogP contribution in [0, 0.1) is 0 Å². The van der Waals surface area contributed by atoms with E-state index in [2.05, 4.69) is 4.98 Å². The van der Waals surface area contributed by atoms with Crippen LogP contribution in [0.5, 0.6) is 0 Å². The zero-order valence-electron chi connectivity index (χ0n) is 8.24. The molecule has 1 atom stereocenters. The molecule has 0 amide bonds. The normalized spacial score (nSPS) is 13.0. The third-order valence-electron chi connectivity index (χ3n) is 2.16. The van der Waals surface area contributed by atoms with Gasteiger partial charge in [-0.15, -0.1) is 0 Å². The summed E-state index contributed by atoms with van der Waals surface area (Å²) >= 11 is 5.65. The molecule has 0 aliphatic carbocycles.